The third-order valence-electron chi connectivity index (χ3n) is 6.07. The van der Waals surface area contributed by atoms with Crippen molar-refractivity contribution in [3.05, 3.63) is 80.4 Å². The second-order valence-electron chi connectivity index (χ2n) is 8.66. The quantitative estimate of drug-likeness (QED) is 0.270. The van der Waals surface area contributed by atoms with E-state index in [2.05, 4.69) is 10.3 Å². The first-order valence-corrected chi connectivity index (χ1v) is 11.8. The molecule has 1 aromatic heterocycles. The summed E-state index contributed by atoms with van der Waals surface area (Å²) in [6.45, 7) is 6.12. The first kappa shape index (κ1) is 23.8. The van der Waals surface area contributed by atoms with Gasteiger partial charge in [-0.15, -0.1) is 0 Å². The van der Waals surface area contributed by atoms with Crippen LogP contribution in [0.25, 0.3) is 22.6 Å². The molecule has 0 bridgehead atoms. The lowest BCUT2D eigenvalue weighted by molar-refractivity contribution is -0.384. The van der Waals surface area contributed by atoms with E-state index < -0.39 is 10.8 Å². The highest BCUT2D eigenvalue weighted by molar-refractivity contribution is 6.34. The number of fused-ring (bicyclic) bond motifs is 1. The molecule has 4 aromatic rings. The van der Waals surface area contributed by atoms with Gasteiger partial charge in [-0.2, -0.15) is 0 Å². The van der Waals surface area contributed by atoms with E-state index in [9.17, 15) is 14.9 Å². The largest absolute Gasteiger partial charge is 0.436 e. The van der Waals surface area contributed by atoms with Crippen LogP contribution >= 0.6 is 11.6 Å². The van der Waals surface area contributed by atoms with E-state index in [-0.39, 0.29) is 11.3 Å². The third-order valence-corrected chi connectivity index (χ3v) is 6.40. The predicted molar refractivity (Wildman–Crippen MR) is 138 cm³/mol. The lowest BCUT2D eigenvalue weighted by Gasteiger charge is -2.30. The number of carbonyl (C=O) groups excluding carboxylic acids is 1. The number of hydrogen-bond donors (Lipinski definition) is 1. The summed E-state index contributed by atoms with van der Waals surface area (Å²) in [6, 6.07) is 13.3. The van der Waals surface area contributed by atoms with Gasteiger partial charge in [-0.05, 0) is 55.3 Å². The number of aryl methyl sites for hydroxylation is 2. The second kappa shape index (κ2) is 9.60. The van der Waals surface area contributed by atoms with Gasteiger partial charge in [-0.1, -0.05) is 17.7 Å². The molecule has 0 aliphatic carbocycles. The normalized spacial score (nSPS) is 13.7. The van der Waals surface area contributed by atoms with Crippen LogP contribution < -0.4 is 10.2 Å². The SMILES string of the molecule is Cc1cc(C)c2oc(-c3ccc(Cl)c(NC(=O)c4cc([N+](=O)[O-])ccc4N4CCOCC4)c3)nc2c1. The van der Waals surface area contributed by atoms with Crippen LogP contribution in [0.1, 0.15) is 21.5 Å². The van der Waals surface area contributed by atoms with Crippen molar-refractivity contribution in [3.63, 3.8) is 0 Å². The van der Waals surface area contributed by atoms with Gasteiger partial charge in [0.15, 0.2) is 5.58 Å². The van der Waals surface area contributed by atoms with Gasteiger partial charge in [0.25, 0.3) is 11.6 Å². The molecule has 0 saturated carbocycles. The fraction of sp³-hybridized carbons (Fsp3) is 0.231. The zero-order chi connectivity index (χ0) is 25.4. The molecule has 1 N–H and O–H groups in total. The molecular formula is C26H23ClN4O5. The van der Waals surface area contributed by atoms with Crippen LogP contribution in [0, 0.1) is 24.0 Å². The molecule has 0 spiro atoms. The minimum Gasteiger partial charge on any atom is -0.436 e. The topological polar surface area (TPSA) is 111 Å². The van der Waals surface area contributed by atoms with Gasteiger partial charge in [0.05, 0.1) is 40.1 Å². The number of benzene rings is 3. The molecule has 1 aliphatic heterocycles. The first-order chi connectivity index (χ1) is 17.3. The Bertz CT molecular complexity index is 1490. The van der Waals surface area contributed by atoms with Crippen molar-refractivity contribution in [2.75, 3.05) is 36.5 Å². The molecule has 9 nitrogen and oxygen atoms in total. The van der Waals surface area contributed by atoms with E-state index in [1.54, 1.807) is 24.3 Å². The average molecular weight is 507 g/mol. The number of halogens is 1. The summed E-state index contributed by atoms with van der Waals surface area (Å²) in [5, 5.41) is 14.5. The van der Waals surface area contributed by atoms with Crippen LogP contribution in [-0.2, 0) is 4.74 Å². The number of ether oxygens (including phenoxy) is 1. The number of anilines is 2. The van der Waals surface area contributed by atoms with Crippen molar-refractivity contribution >= 4 is 45.7 Å². The fourth-order valence-corrected chi connectivity index (χ4v) is 4.51. The van der Waals surface area contributed by atoms with E-state index >= 15 is 0 Å². The van der Waals surface area contributed by atoms with Gasteiger partial charge in [0, 0.05) is 30.8 Å². The number of non-ortho nitro benzene ring substituents is 1. The molecule has 0 radical (unpaired) electrons. The Labute approximate surface area is 211 Å². The van der Waals surface area contributed by atoms with E-state index in [1.165, 1.54) is 12.1 Å². The number of morpholine rings is 1. The minimum atomic E-state index is -0.523. The standard InChI is InChI=1S/C26H23ClN4O5/c1-15-11-16(2)24-22(12-15)29-26(36-24)17-3-5-20(27)21(13-17)28-25(32)19-14-18(31(33)34)4-6-23(19)30-7-9-35-10-8-30/h3-6,11-14H,7-10H2,1-2H3,(H,28,32). The molecule has 1 aliphatic rings. The lowest BCUT2D eigenvalue weighted by atomic mass is 10.1. The van der Waals surface area contributed by atoms with Crippen LogP contribution in [-0.4, -0.2) is 42.1 Å². The number of nitrogens with one attached hydrogen (secondary N) is 1. The number of nitro groups is 1. The maximum Gasteiger partial charge on any atom is 0.270 e. The Morgan fingerprint density at radius 2 is 1.89 bits per heavy atom. The van der Waals surface area contributed by atoms with Crippen molar-refractivity contribution in [1.29, 1.82) is 0 Å². The summed E-state index contributed by atoms with van der Waals surface area (Å²) < 4.78 is 11.4. The van der Waals surface area contributed by atoms with E-state index in [0.29, 0.717) is 59.7 Å². The number of hydrogen-bond acceptors (Lipinski definition) is 7. The molecule has 1 saturated heterocycles. The smallest absolute Gasteiger partial charge is 0.270 e. The Morgan fingerprint density at radius 3 is 2.64 bits per heavy atom. The van der Waals surface area contributed by atoms with E-state index in [4.69, 9.17) is 20.8 Å². The molecule has 2 heterocycles. The highest BCUT2D eigenvalue weighted by Gasteiger charge is 2.23. The average Bonchev–Trinajstić information content (AvgIpc) is 3.30. The van der Waals surface area contributed by atoms with Crippen LogP contribution in [0.3, 0.4) is 0 Å². The molecule has 0 atom stereocenters. The van der Waals surface area contributed by atoms with Crippen molar-refractivity contribution in [2.24, 2.45) is 0 Å². The van der Waals surface area contributed by atoms with Gasteiger partial charge in [0.1, 0.15) is 5.52 Å². The number of amides is 1. The Balaban J connectivity index is 1.49. The molecule has 184 valence electrons. The molecule has 1 fully saturated rings. The number of nitro benzene ring substituents is 1. The lowest BCUT2D eigenvalue weighted by Crippen LogP contribution is -2.37. The van der Waals surface area contributed by atoms with Crippen LogP contribution in [0.5, 0.6) is 0 Å². The van der Waals surface area contributed by atoms with Crippen molar-refractivity contribution in [3.8, 4) is 11.5 Å². The highest BCUT2D eigenvalue weighted by atomic mass is 35.5. The van der Waals surface area contributed by atoms with E-state index in [0.717, 1.165) is 16.6 Å². The molecule has 36 heavy (non-hydrogen) atoms. The Hall–Kier alpha value is -3.95. The third kappa shape index (κ3) is 4.62. The van der Waals surface area contributed by atoms with Gasteiger partial charge in [0.2, 0.25) is 5.89 Å². The minimum absolute atomic E-state index is 0.172. The van der Waals surface area contributed by atoms with Gasteiger partial charge < -0.3 is 19.4 Å². The first-order valence-electron chi connectivity index (χ1n) is 11.4. The van der Waals surface area contributed by atoms with Crippen LogP contribution in [0.15, 0.2) is 52.9 Å². The maximum absolute atomic E-state index is 13.4. The fourth-order valence-electron chi connectivity index (χ4n) is 4.34. The molecule has 3 aromatic carbocycles. The van der Waals surface area contributed by atoms with Crippen molar-refractivity contribution in [1.82, 2.24) is 4.98 Å². The van der Waals surface area contributed by atoms with Gasteiger partial charge in [-0.3, -0.25) is 14.9 Å². The summed E-state index contributed by atoms with van der Waals surface area (Å²) in [5.74, 6) is -0.113. The molecular weight excluding hydrogens is 484 g/mol. The Morgan fingerprint density at radius 1 is 1.11 bits per heavy atom. The molecule has 10 heteroatoms. The number of rotatable bonds is 5. The Kier molecular flexibility index (Phi) is 6.34. The number of aromatic nitrogens is 1. The monoisotopic (exact) mass is 506 g/mol. The predicted octanol–water partition coefficient (Wildman–Crippen LogP) is 5.76. The van der Waals surface area contributed by atoms with Gasteiger partial charge >= 0.3 is 0 Å². The summed E-state index contributed by atoms with van der Waals surface area (Å²) in [4.78, 5) is 30.8. The number of carbonyl (C=O) groups is 1. The van der Waals surface area contributed by atoms with Crippen molar-refractivity contribution in [2.45, 2.75) is 13.8 Å². The zero-order valence-electron chi connectivity index (χ0n) is 19.7. The molecule has 1 amide bonds. The highest BCUT2D eigenvalue weighted by Crippen LogP contribution is 2.33. The zero-order valence-corrected chi connectivity index (χ0v) is 20.5. The number of nitrogens with zero attached hydrogens (tertiary/aromatic N) is 3. The number of oxazole rings is 1. The summed E-state index contributed by atoms with van der Waals surface area (Å²) in [5.41, 5.74) is 5.08. The van der Waals surface area contributed by atoms with E-state index in [1.807, 2.05) is 30.9 Å². The second-order valence-corrected chi connectivity index (χ2v) is 9.06. The van der Waals surface area contributed by atoms with Crippen LogP contribution in [0.4, 0.5) is 17.1 Å². The van der Waals surface area contributed by atoms with Crippen molar-refractivity contribution < 1.29 is 18.9 Å². The molecule has 5 rings (SSSR count). The summed E-state index contributed by atoms with van der Waals surface area (Å²) >= 11 is 6.41. The molecule has 0 unspecified atom stereocenters. The summed E-state index contributed by atoms with van der Waals surface area (Å²) in [7, 11) is 0. The van der Waals surface area contributed by atoms with Crippen LogP contribution in [0.2, 0.25) is 5.02 Å². The maximum atomic E-state index is 13.4. The summed E-state index contributed by atoms with van der Waals surface area (Å²) in [6.07, 6.45) is 0. The van der Waals surface area contributed by atoms with Gasteiger partial charge in [-0.25, -0.2) is 4.98 Å².